The van der Waals surface area contributed by atoms with E-state index in [1.165, 1.54) is 11.8 Å². The maximum Gasteiger partial charge on any atom is 0.360 e. The van der Waals surface area contributed by atoms with E-state index in [0.29, 0.717) is 23.6 Å². The molecule has 2 aromatic rings. The van der Waals surface area contributed by atoms with Crippen LogP contribution in [-0.2, 0) is 18.3 Å². The van der Waals surface area contributed by atoms with Crippen LogP contribution in [0.5, 0.6) is 0 Å². The fraction of sp³-hybridized carbons (Fsp3) is 0.385. The van der Waals surface area contributed by atoms with Gasteiger partial charge in [0.2, 0.25) is 0 Å². The lowest BCUT2D eigenvalue weighted by Gasteiger charge is -2.07. The average molecular weight is 291 g/mol. The van der Waals surface area contributed by atoms with Gasteiger partial charge in [0.1, 0.15) is 5.69 Å². The third-order valence-corrected chi connectivity index (χ3v) is 3.20. The second-order valence-electron chi connectivity index (χ2n) is 4.41. The molecular weight excluding hydrogens is 274 g/mol. The molecule has 0 unspecified atom stereocenters. The fourth-order valence-corrected chi connectivity index (χ4v) is 1.95. The van der Waals surface area contributed by atoms with Crippen LogP contribution in [0.1, 0.15) is 33.6 Å². The first-order chi connectivity index (χ1) is 9.99. The molecule has 112 valence electrons. The summed E-state index contributed by atoms with van der Waals surface area (Å²) in [5, 5.41) is 10.8. The zero-order chi connectivity index (χ0) is 15.6. The molecule has 0 saturated heterocycles. The van der Waals surface area contributed by atoms with Crippen molar-refractivity contribution in [2.75, 3.05) is 12.4 Å². The minimum absolute atomic E-state index is 0.0772. The van der Waals surface area contributed by atoms with Crippen LogP contribution in [0.4, 0.5) is 5.69 Å². The molecule has 0 fully saturated rings. The van der Waals surface area contributed by atoms with Crippen LogP contribution >= 0.6 is 0 Å². The molecule has 0 aliphatic carbocycles. The van der Waals surface area contributed by atoms with Gasteiger partial charge in [0, 0.05) is 19.8 Å². The van der Waals surface area contributed by atoms with Crippen molar-refractivity contribution < 1.29 is 14.3 Å². The Balaban J connectivity index is 2.35. The normalized spacial score (nSPS) is 10.5. The van der Waals surface area contributed by atoms with Crippen LogP contribution < -0.4 is 5.32 Å². The first-order valence-electron chi connectivity index (χ1n) is 6.44. The van der Waals surface area contributed by atoms with E-state index in [4.69, 9.17) is 0 Å². The van der Waals surface area contributed by atoms with E-state index in [9.17, 15) is 9.59 Å². The van der Waals surface area contributed by atoms with Gasteiger partial charge >= 0.3 is 5.97 Å². The molecule has 0 radical (unpaired) electrons. The summed E-state index contributed by atoms with van der Waals surface area (Å²) in [7, 11) is 2.96. The summed E-state index contributed by atoms with van der Waals surface area (Å²) < 4.78 is 7.76. The van der Waals surface area contributed by atoms with Crippen molar-refractivity contribution in [3.05, 3.63) is 29.3 Å². The summed E-state index contributed by atoms with van der Waals surface area (Å²) in [4.78, 5) is 24.0. The number of nitrogens with one attached hydrogen (secondary N) is 1. The Morgan fingerprint density at radius 3 is 2.76 bits per heavy atom. The summed E-state index contributed by atoms with van der Waals surface area (Å²) in [6.07, 6.45) is 1.55. The summed E-state index contributed by atoms with van der Waals surface area (Å²) in [6.45, 7) is 4.22. The highest BCUT2D eigenvalue weighted by atomic mass is 16.5. The average Bonchev–Trinajstić information content (AvgIpc) is 3.06. The molecule has 0 aliphatic rings. The number of aryl methyl sites for hydroxylation is 2. The number of ether oxygens (including phenoxy) is 1. The van der Waals surface area contributed by atoms with Crippen LogP contribution in [0.2, 0.25) is 0 Å². The lowest BCUT2D eigenvalue weighted by atomic mass is 10.2. The first kappa shape index (κ1) is 14.8. The number of amides is 1. The molecule has 8 heteroatoms. The minimum Gasteiger partial charge on any atom is -0.464 e. The predicted octanol–water partition coefficient (Wildman–Crippen LogP) is 0.984. The van der Waals surface area contributed by atoms with Crippen molar-refractivity contribution in [3.63, 3.8) is 0 Å². The van der Waals surface area contributed by atoms with Gasteiger partial charge in [-0.25, -0.2) is 4.79 Å². The van der Waals surface area contributed by atoms with Crippen LogP contribution in [0.15, 0.2) is 12.3 Å². The SMILES string of the molecule is CCn1nccc1C(=O)Nc1c(C(=O)OC)nn(C)c1C. The van der Waals surface area contributed by atoms with Gasteiger partial charge in [-0.05, 0) is 19.9 Å². The van der Waals surface area contributed by atoms with Crippen LogP contribution in [-0.4, -0.2) is 38.5 Å². The van der Waals surface area contributed by atoms with Gasteiger partial charge in [-0.2, -0.15) is 10.2 Å². The molecule has 2 rings (SSSR count). The molecule has 0 saturated carbocycles. The third-order valence-electron chi connectivity index (χ3n) is 3.20. The molecule has 8 nitrogen and oxygen atoms in total. The number of hydrogen-bond donors (Lipinski definition) is 1. The van der Waals surface area contributed by atoms with Crippen molar-refractivity contribution in [2.45, 2.75) is 20.4 Å². The van der Waals surface area contributed by atoms with Crippen LogP contribution in [0, 0.1) is 6.92 Å². The fourth-order valence-electron chi connectivity index (χ4n) is 1.95. The summed E-state index contributed by atoms with van der Waals surface area (Å²) in [5.41, 5.74) is 1.49. The van der Waals surface area contributed by atoms with E-state index in [-0.39, 0.29) is 11.6 Å². The maximum atomic E-state index is 12.3. The second kappa shape index (κ2) is 5.78. The second-order valence-corrected chi connectivity index (χ2v) is 4.41. The molecule has 2 aromatic heterocycles. The Bertz CT molecular complexity index is 686. The van der Waals surface area contributed by atoms with E-state index >= 15 is 0 Å². The van der Waals surface area contributed by atoms with Gasteiger partial charge in [0.15, 0.2) is 5.69 Å². The lowest BCUT2D eigenvalue weighted by molar-refractivity contribution is 0.0594. The van der Waals surface area contributed by atoms with E-state index in [2.05, 4.69) is 20.3 Å². The summed E-state index contributed by atoms with van der Waals surface area (Å²) >= 11 is 0. The highest BCUT2D eigenvalue weighted by Gasteiger charge is 2.23. The molecule has 0 aromatic carbocycles. The monoisotopic (exact) mass is 291 g/mol. The van der Waals surface area contributed by atoms with Gasteiger partial charge in [-0.1, -0.05) is 0 Å². The molecule has 1 N–H and O–H groups in total. The van der Waals surface area contributed by atoms with E-state index in [0.717, 1.165) is 0 Å². The Hall–Kier alpha value is -2.64. The molecular formula is C13H17N5O3. The number of nitrogens with zero attached hydrogens (tertiary/aromatic N) is 4. The van der Waals surface area contributed by atoms with Gasteiger partial charge in [0.25, 0.3) is 5.91 Å². The number of methoxy groups -OCH3 is 1. The Labute approximate surface area is 121 Å². The van der Waals surface area contributed by atoms with E-state index in [1.54, 1.807) is 30.9 Å². The standard InChI is InChI=1S/C13H17N5O3/c1-5-18-9(6-7-14-18)12(19)15-10-8(2)17(3)16-11(10)13(20)21-4/h6-7H,5H2,1-4H3,(H,15,19). The molecule has 1 amide bonds. The Morgan fingerprint density at radius 2 is 2.14 bits per heavy atom. The highest BCUT2D eigenvalue weighted by molar-refractivity contribution is 6.07. The number of hydrogen-bond acceptors (Lipinski definition) is 5. The largest absolute Gasteiger partial charge is 0.464 e. The van der Waals surface area contributed by atoms with Gasteiger partial charge in [0.05, 0.1) is 18.5 Å². The predicted molar refractivity (Wildman–Crippen MR) is 75.1 cm³/mol. The topological polar surface area (TPSA) is 91.0 Å². The lowest BCUT2D eigenvalue weighted by Crippen LogP contribution is -2.19. The van der Waals surface area contributed by atoms with Crippen molar-refractivity contribution in [3.8, 4) is 0 Å². The Morgan fingerprint density at radius 1 is 1.43 bits per heavy atom. The van der Waals surface area contributed by atoms with Crippen molar-refractivity contribution >= 4 is 17.6 Å². The van der Waals surface area contributed by atoms with Gasteiger partial charge in [-0.15, -0.1) is 0 Å². The van der Waals surface area contributed by atoms with Crippen molar-refractivity contribution in [1.82, 2.24) is 19.6 Å². The van der Waals surface area contributed by atoms with Crippen LogP contribution in [0.25, 0.3) is 0 Å². The highest BCUT2D eigenvalue weighted by Crippen LogP contribution is 2.21. The smallest absolute Gasteiger partial charge is 0.360 e. The summed E-state index contributed by atoms with van der Waals surface area (Å²) in [6, 6.07) is 1.61. The third kappa shape index (κ3) is 2.64. The number of aromatic nitrogens is 4. The molecule has 0 spiro atoms. The molecule has 21 heavy (non-hydrogen) atoms. The summed E-state index contributed by atoms with van der Waals surface area (Å²) in [5.74, 6) is -0.950. The van der Waals surface area contributed by atoms with Crippen LogP contribution in [0.3, 0.4) is 0 Å². The number of carbonyl (C=O) groups excluding carboxylic acids is 2. The zero-order valence-electron chi connectivity index (χ0n) is 12.4. The molecule has 2 heterocycles. The van der Waals surface area contributed by atoms with E-state index < -0.39 is 5.97 Å². The van der Waals surface area contributed by atoms with Gasteiger partial charge < -0.3 is 10.1 Å². The molecule has 0 aliphatic heterocycles. The van der Waals surface area contributed by atoms with Crippen molar-refractivity contribution in [1.29, 1.82) is 0 Å². The number of rotatable bonds is 4. The number of anilines is 1. The molecule has 0 atom stereocenters. The quantitative estimate of drug-likeness (QED) is 0.848. The number of carbonyl (C=O) groups is 2. The molecule has 0 bridgehead atoms. The van der Waals surface area contributed by atoms with E-state index in [1.807, 2.05) is 6.92 Å². The number of esters is 1. The zero-order valence-corrected chi connectivity index (χ0v) is 12.4. The minimum atomic E-state index is -0.599. The Kier molecular flexibility index (Phi) is 4.06. The maximum absolute atomic E-state index is 12.3. The van der Waals surface area contributed by atoms with Gasteiger partial charge in [-0.3, -0.25) is 14.2 Å². The first-order valence-corrected chi connectivity index (χ1v) is 6.44. The van der Waals surface area contributed by atoms with Crippen molar-refractivity contribution in [2.24, 2.45) is 7.05 Å².